The van der Waals surface area contributed by atoms with E-state index in [1.165, 1.54) is 27.8 Å². The average Bonchev–Trinajstić information content (AvgIpc) is 2.96. The van der Waals surface area contributed by atoms with Crippen LogP contribution in [-0.4, -0.2) is 19.1 Å². The Balaban J connectivity index is 0.000000383. The van der Waals surface area contributed by atoms with Crippen LogP contribution in [0, 0.1) is 22.9 Å². The van der Waals surface area contributed by atoms with E-state index in [4.69, 9.17) is 10.5 Å². The van der Waals surface area contributed by atoms with E-state index in [2.05, 4.69) is 9.97 Å². The summed E-state index contributed by atoms with van der Waals surface area (Å²) < 4.78 is 2.65. The summed E-state index contributed by atoms with van der Waals surface area (Å²) in [4.78, 5) is 30.7. The standard InChI is InChI=1S/C10H14N4O2.C2HN3/c1-4-6(2)14-9(15)7-8(12-5-11-7)13(3)10(14)16;3-1-5-2-4/h5-6H,4H2,1-3H3,(H,11,12);5H. The van der Waals surface area contributed by atoms with E-state index in [0.29, 0.717) is 11.2 Å². The lowest BCUT2D eigenvalue weighted by Crippen LogP contribution is -2.40. The lowest BCUT2D eigenvalue weighted by atomic mass is 10.2. The predicted octanol–water partition coefficient (Wildman–Crippen LogP) is -0.0675. The molecule has 21 heavy (non-hydrogen) atoms. The zero-order chi connectivity index (χ0) is 16.0. The van der Waals surface area contributed by atoms with Crippen molar-refractivity contribution in [3.8, 4) is 12.4 Å². The number of rotatable bonds is 2. The van der Waals surface area contributed by atoms with E-state index in [0.717, 1.165) is 6.42 Å². The Morgan fingerprint density at radius 1 is 1.43 bits per heavy atom. The minimum Gasteiger partial charge on any atom is -0.339 e. The SMILES string of the molecule is CCC(C)n1c(=O)c2[nH]cnc2n(C)c1=O.N#CNC#N. The fraction of sp³-hybridized carbons (Fsp3) is 0.417. The van der Waals surface area contributed by atoms with Crippen LogP contribution in [0.4, 0.5) is 0 Å². The van der Waals surface area contributed by atoms with Crippen LogP contribution in [0.3, 0.4) is 0 Å². The molecule has 0 aromatic carbocycles. The van der Waals surface area contributed by atoms with Gasteiger partial charge in [0.05, 0.1) is 6.33 Å². The number of imidazole rings is 1. The van der Waals surface area contributed by atoms with Crippen molar-refractivity contribution < 1.29 is 0 Å². The lowest BCUT2D eigenvalue weighted by molar-refractivity contribution is 0.480. The smallest absolute Gasteiger partial charge is 0.332 e. The number of aromatic nitrogens is 4. The molecule has 0 aliphatic heterocycles. The fourth-order valence-corrected chi connectivity index (χ4v) is 1.75. The minimum atomic E-state index is -0.320. The van der Waals surface area contributed by atoms with Crippen molar-refractivity contribution in [3.05, 3.63) is 27.2 Å². The fourth-order valence-electron chi connectivity index (χ4n) is 1.75. The van der Waals surface area contributed by atoms with E-state index in [-0.39, 0.29) is 17.3 Å². The van der Waals surface area contributed by atoms with Gasteiger partial charge in [-0.25, -0.2) is 15.1 Å². The molecule has 2 aromatic heterocycles. The summed E-state index contributed by atoms with van der Waals surface area (Å²) in [6, 6.07) is -0.112. The van der Waals surface area contributed by atoms with Crippen LogP contribution in [-0.2, 0) is 7.05 Å². The van der Waals surface area contributed by atoms with Crippen molar-refractivity contribution in [2.45, 2.75) is 26.3 Å². The molecule has 0 aliphatic carbocycles. The van der Waals surface area contributed by atoms with Gasteiger partial charge in [-0.05, 0) is 13.3 Å². The molecule has 0 radical (unpaired) electrons. The zero-order valence-corrected chi connectivity index (χ0v) is 11.9. The molecule has 2 heterocycles. The summed E-state index contributed by atoms with van der Waals surface area (Å²) in [5.41, 5.74) is 0.154. The molecule has 0 saturated heterocycles. The van der Waals surface area contributed by atoms with Crippen LogP contribution in [0.25, 0.3) is 11.2 Å². The third-order valence-corrected chi connectivity index (χ3v) is 3.01. The van der Waals surface area contributed by atoms with Crippen LogP contribution >= 0.6 is 0 Å². The van der Waals surface area contributed by atoms with Gasteiger partial charge >= 0.3 is 5.69 Å². The number of fused-ring (bicyclic) bond motifs is 1. The van der Waals surface area contributed by atoms with Gasteiger partial charge in [-0.1, -0.05) is 6.92 Å². The Hall–Kier alpha value is -3.07. The second-order valence-corrected chi connectivity index (χ2v) is 4.22. The molecule has 0 aliphatic rings. The number of hydrogen-bond donors (Lipinski definition) is 2. The molecule has 9 heteroatoms. The molecule has 0 saturated carbocycles. The van der Waals surface area contributed by atoms with Crippen LogP contribution < -0.4 is 16.6 Å². The highest BCUT2D eigenvalue weighted by Gasteiger charge is 2.15. The first-order chi connectivity index (χ1) is 9.99. The van der Waals surface area contributed by atoms with Crippen LogP contribution in [0.5, 0.6) is 0 Å². The number of H-pyrrole nitrogens is 1. The molecule has 2 N–H and O–H groups in total. The highest BCUT2D eigenvalue weighted by atomic mass is 16.2. The van der Waals surface area contributed by atoms with Gasteiger partial charge in [0, 0.05) is 13.1 Å². The first-order valence-corrected chi connectivity index (χ1v) is 6.17. The van der Waals surface area contributed by atoms with Gasteiger partial charge in [-0.3, -0.25) is 13.9 Å². The summed E-state index contributed by atoms with van der Waals surface area (Å²) in [5.74, 6) is 0. The molecule has 1 atom stereocenters. The maximum absolute atomic E-state index is 12.0. The highest BCUT2D eigenvalue weighted by molar-refractivity contribution is 5.68. The molecule has 1 unspecified atom stereocenters. The molecule has 2 aromatic rings. The second-order valence-electron chi connectivity index (χ2n) is 4.22. The molecule has 0 fully saturated rings. The van der Waals surface area contributed by atoms with Gasteiger partial charge in [0.1, 0.15) is 5.52 Å². The molecule has 0 amide bonds. The average molecular weight is 289 g/mol. The molecule has 110 valence electrons. The second kappa shape index (κ2) is 6.91. The number of aryl methyl sites for hydroxylation is 1. The third kappa shape index (κ3) is 3.09. The Labute approximate surface area is 120 Å². The molecule has 9 nitrogen and oxygen atoms in total. The molecule has 0 bridgehead atoms. The Morgan fingerprint density at radius 2 is 2.05 bits per heavy atom. The summed E-state index contributed by atoms with van der Waals surface area (Å²) in [6.45, 7) is 3.79. The van der Waals surface area contributed by atoms with E-state index in [1.54, 1.807) is 12.4 Å². The van der Waals surface area contributed by atoms with E-state index in [1.807, 2.05) is 13.8 Å². The molecule has 0 spiro atoms. The van der Waals surface area contributed by atoms with Gasteiger partial charge < -0.3 is 4.98 Å². The lowest BCUT2D eigenvalue weighted by Gasteiger charge is -2.13. The zero-order valence-electron chi connectivity index (χ0n) is 11.9. The van der Waals surface area contributed by atoms with Crippen molar-refractivity contribution in [1.29, 1.82) is 10.5 Å². The van der Waals surface area contributed by atoms with Gasteiger partial charge in [-0.15, -0.1) is 0 Å². The Morgan fingerprint density at radius 3 is 2.52 bits per heavy atom. The van der Waals surface area contributed by atoms with Crippen molar-refractivity contribution in [2.75, 3.05) is 0 Å². The predicted molar refractivity (Wildman–Crippen MR) is 75.0 cm³/mol. The topological polar surface area (TPSA) is 132 Å². The number of nitrogens with zero attached hydrogens (tertiary/aromatic N) is 5. The first kappa shape index (κ1) is 16.0. The normalized spacial score (nSPS) is 10.9. The van der Waals surface area contributed by atoms with Crippen molar-refractivity contribution in [3.63, 3.8) is 0 Å². The van der Waals surface area contributed by atoms with E-state index >= 15 is 0 Å². The highest BCUT2D eigenvalue weighted by Crippen LogP contribution is 2.06. The first-order valence-electron chi connectivity index (χ1n) is 6.17. The maximum atomic E-state index is 12.0. The Kier molecular flexibility index (Phi) is 5.26. The van der Waals surface area contributed by atoms with E-state index in [9.17, 15) is 9.59 Å². The number of nitrogens with one attached hydrogen (secondary N) is 2. The third-order valence-electron chi connectivity index (χ3n) is 3.01. The summed E-state index contributed by atoms with van der Waals surface area (Å²) in [5, 5.41) is 16.7. The van der Waals surface area contributed by atoms with Gasteiger partial charge in [0.15, 0.2) is 18.0 Å². The van der Waals surface area contributed by atoms with E-state index < -0.39 is 0 Å². The number of aromatic amines is 1. The number of nitriles is 2. The van der Waals surface area contributed by atoms with Crippen LogP contribution in [0.1, 0.15) is 26.3 Å². The van der Waals surface area contributed by atoms with Crippen molar-refractivity contribution in [1.82, 2.24) is 24.4 Å². The van der Waals surface area contributed by atoms with Gasteiger partial charge in [-0.2, -0.15) is 10.5 Å². The maximum Gasteiger partial charge on any atom is 0.332 e. The van der Waals surface area contributed by atoms with Crippen LogP contribution in [0.15, 0.2) is 15.9 Å². The summed E-state index contributed by atoms with van der Waals surface area (Å²) >= 11 is 0. The number of hydrogen-bond acceptors (Lipinski definition) is 6. The Bertz CT molecular complexity index is 803. The molecular weight excluding hydrogens is 274 g/mol. The van der Waals surface area contributed by atoms with Gasteiger partial charge in [0.25, 0.3) is 5.56 Å². The van der Waals surface area contributed by atoms with Crippen molar-refractivity contribution >= 4 is 11.2 Å². The molecule has 2 rings (SSSR count). The summed E-state index contributed by atoms with van der Waals surface area (Å²) in [6.07, 6.45) is 4.97. The quantitative estimate of drug-likeness (QED) is 0.587. The van der Waals surface area contributed by atoms with Crippen molar-refractivity contribution in [2.24, 2.45) is 7.05 Å². The largest absolute Gasteiger partial charge is 0.339 e. The summed E-state index contributed by atoms with van der Waals surface area (Å²) in [7, 11) is 1.61. The van der Waals surface area contributed by atoms with Gasteiger partial charge in [0.2, 0.25) is 0 Å². The molecular formula is C12H15N7O2. The monoisotopic (exact) mass is 289 g/mol. The van der Waals surface area contributed by atoms with Crippen LogP contribution in [0.2, 0.25) is 0 Å². The minimum absolute atomic E-state index is 0.112.